The maximum absolute atomic E-state index is 12.1. The van der Waals surface area contributed by atoms with Crippen molar-refractivity contribution in [2.45, 2.75) is 59.4 Å². The summed E-state index contributed by atoms with van der Waals surface area (Å²) in [6, 6.07) is 6.19. The van der Waals surface area contributed by atoms with Gasteiger partial charge in [-0.3, -0.25) is 4.79 Å². The fourth-order valence-corrected chi connectivity index (χ4v) is 1.98. The van der Waals surface area contributed by atoms with Crippen molar-refractivity contribution in [3.8, 4) is 0 Å². The number of aryl methyl sites for hydroxylation is 2. The van der Waals surface area contributed by atoms with E-state index in [-0.39, 0.29) is 5.91 Å². The van der Waals surface area contributed by atoms with Gasteiger partial charge in [-0.05, 0) is 49.9 Å². The first-order chi connectivity index (χ1) is 8.58. The highest BCUT2D eigenvalue weighted by atomic mass is 16.1. The molecule has 0 saturated carbocycles. The van der Waals surface area contributed by atoms with E-state index in [1.54, 1.807) is 0 Å². The van der Waals surface area contributed by atoms with E-state index < -0.39 is 0 Å². The highest BCUT2D eigenvalue weighted by Gasteiger charge is 2.12. The molecule has 1 N–H and O–H groups in total. The number of amides is 1. The highest BCUT2D eigenvalue weighted by Crippen LogP contribution is 2.11. The zero-order valence-corrected chi connectivity index (χ0v) is 12.0. The van der Waals surface area contributed by atoms with Gasteiger partial charge >= 0.3 is 0 Å². The third-order valence-electron chi connectivity index (χ3n) is 3.50. The average molecular weight is 247 g/mol. The van der Waals surface area contributed by atoms with E-state index in [1.807, 2.05) is 25.1 Å². The molecule has 1 aromatic rings. The molecule has 0 aliphatic rings. The Hall–Kier alpha value is -1.31. The Labute approximate surface area is 111 Å². The largest absolute Gasteiger partial charge is 0.349 e. The topological polar surface area (TPSA) is 29.1 Å². The van der Waals surface area contributed by atoms with Crippen molar-refractivity contribution in [3.63, 3.8) is 0 Å². The van der Waals surface area contributed by atoms with Crippen LogP contribution in [0.1, 0.15) is 61.0 Å². The highest BCUT2D eigenvalue weighted by molar-refractivity contribution is 5.94. The van der Waals surface area contributed by atoms with Gasteiger partial charge in [0.05, 0.1) is 0 Å². The van der Waals surface area contributed by atoms with Gasteiger partial charge in [0.25, 0.3) is 5.91 Å². The summed E-state index contributed by atoms with van der Waals surface area (Å²) in [4.78, 5) is 12.1. The molecule has 0 radical (unpaired) electrons. The molecule has 0 spiro atoms. The predicted molar refractivity (Wildman–Crippen MR) is 77.0 cm³/mol. The van der Waals surface area contributed by atoms with Gasteiger partial charge in [0.15, 0.2) is 0 Å². The number of unbranched alkanes of at least 4 members (excludes halogenated alkanes) is 1. The van der Waals surface area contributed by atoms with Crippen molar-refractivity contribution >= 4 is 5.91 Å². The fraction of sp³-hybridized carbons (Fsp3) is 0.562. The zero-order valence-electron chi connectivity index (χ0n) is 12.0. The number of benzene rings is 1. The molecule has 2 nitrogen and oxygen atoms in total. The number of hydrogen-bond acceptors (Lipinski definition) is 1. The first-order valence-electron chi connectivity index (χ1n) is 6.96. The van der Waals surface area contributed by atoms with Gasteiger partial charge in [0.2, 0.25) is 0 Å². The van der Waals surface area contributed by atoms with Crippen LogP contribution in [0.15, 0.2) is 18.2 Å². The van der Waals surface area contributed by atoms with E-state index in [9.17, 15) is 4.79 Å². The molecule has 0 aliphatic heterocycles. The molecular formula is C16H25NO. The second-order valence-corrected chi connectivity index (χ2v) is 5.02. The Morgan fingerprint density at radius 1 is 1.22 bits per heavy atom. The summed E-state index contributed by atoms with van der Waals surface area (Å²) >= 11 is 0. The van der Waals surface area contributed by atoms with Crippen molar-refractivity contribution in [2.75, 3.05) is 0 Å². The van der Waals surface area contributed by atoms with Gasteiger partial charge in [-0.15, -0.1) is 0 Å². The van der Waals surface area contributed by atoms with Crippen molar-refractivity contribution in [3.05, 3.63) is 34.9 Å². The maximum Gasteiger partial charge on any atom is 0.251 e. The van der Waals surface area contributed by atoms with Crippen LogP contribution in [0, 0.1) is 13.8 Å². The summed E-state index contributed by atoms with van der Waals surface area (Å²) in [7, 11) is 0. The minimum atomic E-state index is 0.0565. The molecule has 0 fully saturated rings. The SMILES string of the molecule is CCCCC(CC)NC(=O)c1ccc(C)c(C)c1. The third kappa shape index (κ3) is 4.17. The molecular weight excluding hydrogens is 222 g/mol. The van der Waals surface area contributed by atoms with Crippen LogP contribution in [0.5, 0.6) is 0 Å². The Balaban J connectivity index is 2.65. The van der Waals surface area contributed by atoms with E-state index in [1.165, 1.54) is 24.0 Å². The molecule has 18 heavy (non-hydrogen) atoms. The number of rotatable bonds is 6. The van der Waals surface area contributed by atoms with Crippen molar-refractivity contribution in [1.82, 2.24) is 5.32 Å². The number of carbonyl (C=O) groups is 1. The van der Waals surface area contributed by atoms with Crippen LogP contribution in [-0.4, -0.2) is 11.9 Å². The van der Waals surface area contributed by atoms with Crippen LogP contribution in [-0.2, 0) is 0 Å². The van der Waals surface area contributed by atoms with Gasteiger partial charge in [-0.2, -0.15) is 0 Å². The smallest absolute Gasteiger partial charge is 0.251 e. The molecule has 1 aromatic carbocycles. The van der Waals surface area contributed by atoms with Crippen molar-refractivity contribution < 1.29 is 4.79 Å². The average Bonchev–Trinajstić information content (AvgIpc) is 2.37. The minimum absolute atomic E-state index is 0.0565. The van der Waals surface area contributed by atoms with E-state index in [0.717, 1.165) is 18.4 Å². The van der Waals surface area contributed by atoms with Crippen LogP contribution in [0.2, 0.25) is 0 Å². The molecule has 1 rings (SSSR count). The first-order valence-corrected chi connectivity index (χ1v) is 6.96. The Morgan fingerprint density at radius 3 is 2.50 bits per heavy atom. The zero-order chi connectivity index (χ0) is 13.5. The van der Waals surface area contributed by atoms with Crippen molar-refractivity contribution in [1.29, 1.82) is 0 Å². The molecule has 0 bridgehead atoms. The van der Waals surface area contributed by atoms with E-state index in [4.69, 9.17) is 0 Å². The van der Waals surface area contributed by atoms with Gasteiger partial charge in [-0.1, -0.05) is 32.8 Å². The monoisotopic (exact) mass is 247 g/mol. The quantitative estimate of drug-likeness (QED) is 0.808. The second kappa shape index (κ2) is 7.20. The van der Waals surface area contributed by atoms with E-state index in [0.29, 0.717) is 6.04 Å². The summed E-state index contributed by atoms with van der Waals surface area (Å²) in [5, 5.41) is 3.13. The van der Waals surface area contributed by atoms with Crippen LogP contribution >= 0.6 is 0 Å². The lowest BCUT2D eigenvalue weighted by molar-refractivity contribution is 0.0933. The lowest BCUT2D eigenvalue weighted by Crippen LogP contribution is -2.34. The summed E-state index contributed by atoms with van der Waals surface area (Å²) in [6.07, 6.45) is 4.42. The molecule has 0 saturated heterocycles. The molecule has 1 amide bonds. The summed E-state index contributed by atoms with van der Waals surface area (Å²) in [5.74, 6) is 0.0565. The van der Waals surface area contributed by atoms with Crippen LogP contribution in [0.4, 0.5) is 0 Å². The van der Waals surface area contributed by atoms with Gasteiger partial charge < -0.3 is 5.32 Å². The predicted octanol–water partition coefficient (Wildman–Crippen LogP) is 4.00. The molecule has 1 unspecified atom stereocenters. The molecule has 1 atom stereocenters. The number of nitrogens with one attached hydrogen (secondary N) is 1. The Bertz CT molecular complexity index is 398. The summed E-state index contributed by atoms with van der Waals surface area (Å²) < 4.78 is 0. The fourth-order valence-electron chi connectivity index (χ4n) is 1.98. The van der Waals surface area contributed by atoms with Crippen LogP contribution in [0.25, 0.3) is 0 Å². The normalized spacial score (nSPS) is 12.2. The van der Waals surface area contributed by atoms with Gasteiger partial charge in [0.1, 0.15) is 0 Å². The molecule has 100 valence electrons. The van der Waals surface area contributed by atoms with Crippen LogP contribution in [0.3, 0.4) is 0 Å². The van der Waals surface area contributed by atoms with E-state index in [2.05, 4.69) is 26.1 Å². The lowest BCUT2D eigenvalue weighted by atomic mass is 10.0. The first kappa shape index (κ1) is 14.7. The minimum Gasteiger partial charge on any atom is -0.349 e. The molecule has 0 aromatic heterocycles. The molecule has 0 heterocycles. The molecule has 0 aliphatic carbocycles. The molecule has 2 heteroatoms. The van der Waals surface area contributed by atoms with Crippen LogP contribution < -0.4 is 5.32 Å². The van der Waals surface area contributed by atoms with Gasteiger partial charge in [-0.25, -0.2) is 0 Å². The Morgan fingerprint density at radius 2 is 1.94 bits per heavy atom. The second-order valence-electron chi connectivity index (χ2n) is 5.02. The van der Waals surface area contributed by atoms with Crippen molar-refractivity contribution in [2.24, 2.45) is 0 Å². The Kier molecular flexibility index (Phi) is 5.90. The van der Waals surface area contributed by atoms with E-state index >= 15 is 0 Å². The summed E-state index contributed by atoms with van der Waals surface area (Å²) in [6.45, 7) is 8.41. The van der Waals surface area contributed by atoms with Gasteiger partial charge in [0, 0.05) is 11.6 Å². The maximum atomic E-state index is 12.1. The lowest BCUT2D eigenvalue weighted by Gasteiger charge is -2.17. The number of hydrogen-bond donors (Lipinski definition) is 1. The standard InChI is InChI=1S/C16H25NO/c1-5-7-8-15(6-2)17-16(18)14-10-9-12(3)13(4)11-14/h9-11,15H,5-8H2,1-4H3,(H,17,18). The third-order valence-corrected chi connectivity index (χ3v) is 3.50. The number of carbonyl (C=O) groups excluding carboxylic acids is 1. The summed E-state index contributed by atoms with van der Waals surface area (Å²) in [5.41, 5.74) is 3.17.